The smallest absolute Gasteiger partial charge is 0.169 e. The summed E-state index contributed by atoms with van der Waals surface area (Å²) in [5.41, 5.74) is 0. The van der Waals surface area contributed by atoms with E-state index in [4.69, 9.17) is 28.4 Å². The molecule has 360 valence electrons. The average molecular weight is 949 g/mol. The Balaban J connectivity index is 1.33. The van der Waals surface area contributed by atoms with Gasteiger partial charge in [0.25, 0.3) is 0 Å². The molecule has 0 aromatic heterocycles. The first kappa shape index (κ1) is 44.5. The fourth-order valence-electron chi connectivity index (χ4n) is 12.2. The summed E-state index contributed by atoms with van der Waals surface area (Å²) in [6.07, 6.45) is 5.30. The average Bonchev–Trinajstić information content (AvgIpc) is 3.42. The van der Waals surface area contributed by atoms with Crippen LogP contribution in [0, 0.1) is 0 Å². The molecule has 0 spiro atoms. The SMILES string of the molecule is CCCOc1c(OCCC)c2ccc3c4ccc5c(OCCC)c(OCCC)c6ccc(c7ccc8c(OCCC)c(OCCC)c9ccc(c%10ccc1c1c%10ccc3c21)c1ccc7c8c91)c1ccc4c5c61. The standard InChI is InChI=1S/C66H60O6/c1-7-31-67-61-49-25-13-37-39-15-27-51-57-45(39)21-22-47-41(17-29-53(59(47)57)65(71-35-11-5)63(51)69-33-9-3)42-18-30-54-60-48(42)24-23-46-40(16-28-52(58(46)60)64(70-34-10-4)66(54)72-36-12-6)38-14-26-50(62(61)68-32-8-2)56-44(38)20-19-43(37)55(49)56/h13-30H,7-12,31-36H2,1-6H3. The molecular formula is C66H60O6. The van der Waals surface area contributed by atoms with E-state index in [9.17, 15) is 0 Å². The van der Waals surface area contributed by atoms with Gasteiger partial charge < -0.3 is 28.4 Å². The Bertz CT molecular complexity index is 3540. The van der Waals surface area contributed by atoms with Gasteiger partial charge in [0.1, 0.15) is 0 Å². The minimum atomic E-state index is 0.587. The van der Waals surface area contributed by atoms with Crippen LogP contribution >= 0.6 is 0 Å². The maximum absolute atomic E-state index is 6.82. The number of hydrogen-bond donors (Lipinski definition) is 0. The first-order chi connectivity index (χ1) is 35.5. The summed E-state index contributed by atoms with van der Waals surface area (Å²) in [7, 11) is 0. The summed E-state index contributed by atoms with van der Waals surface area (Å²) < 4.78 is 40.9. The zero-order valence-electron chi connectivity index (χ0n) is 42.3. The topological polar surface area (TPSA) is 55.4 Å². The lowest BCUT2D eigenvalue weighted by atomic mass is 9.85. The monoisotopic (exact) mass is 948 g/mol. The van der Waals surface area contributed by atoms with Crippen molar-refractivity contribution < 1.29 is 28.4 Å². The molecule has 13 aromatic carbocycles. The number of hydrogen-bond acceptors (Lipinski definition) is 6. The van der Waals surface area contributed by atoms with Crippen LogP contribution in [-0.2, 0) is 0 Å². The van der Waals surface area contributed by atoms with Crippen LogP contribution in [0.1, 0.15) is 80.1 Å². The van der Waals surface area contributed by atoms with E-state index in [0.29, 0.717) is 39.6 Å². The molecule has 0 saturated carbocycles. The molecule has 0 amide bonds. The van der Waals surface area contributed by atoms with Crippen LogP contribution in [0.4, 0.5) is 0 Å². The molecule has 72 heavy (non-hydrogen) atoms. The maximum Gasteiger partial charge on any atom is 0.169 e. The molecular weight excluding hydrogens is 889 g/mol. The van der Waals surface area contributed by atoms with Gasteiger partial charge in [-0.25, -0.2) is 0 Å². The van der Waals surface area contributed by atoms with Crippen LogP contribution in [0.15, 0.2) is 109 Å². The van der Waals surface area contributed by atoms with Gasteiger partial charge in [0, 0.05) is 64.6 Å². The van der Waals surface area contributed by atoms with Crippen molar-refractivity contribution in [2.24, 2.45) is 0 Å². The maximum atomic E-state index is 6.82. The van der Waals surface area contributed by atoms with Crippen LogP contribution in [0.25, 0.3) is 129 Å². The van der Waals surface area contributed by atoms with E-state index >= 15 is 0 Å². The van der Waals surface area contributed by atoms with Crippen molar-refractivity contribution in [3.05, 3.63) is 109 Å². The predicted octanol–water partition coefficient (Wildman–Crippen LogP) is 18.6. The normalized spacial score (nSPS) is 12.4. The summed E-state index contributed by atoms with van der Waals surface area (Å²) in [6, 6.07) is 41.8. The van der Waals surface area contributed by atoms with Gasteiger partial charge in [0.2, 0.25) is 0 Å². The molecule has 6 heteroatoms. The van der Waals surface area contributed by atoms with Crippen LogP contribution in [0.3, 0.4) is 0 Å². The van der Waals surface area contributed by atoms with Gasteiger partial charge in [-0.1, -0.05) is 114 Å². The molecule has 18 bridgehead atoms. The van der Waals surface area contributed by atoms with E-state index in [1.807, 2.05) is 0 Å². The Labute approximate surface area is 419 Å². The van der Waals surface area contributed by atoms with Crippen LogP contribution in [-0.4, -0.2) is 39.6 Å². The molecule has 0 fully saturated rings. The van der Waals surface area contributed by atoms with Gasteiger partial charge in [-0.3, -0.25) is 0 Å². The molecule has 0 saturated heterocycles. The number of rotatable bonds is 18. The first-order valence-electron chi connectivity index (χ1n) is 26.6. The number of ether oxygens (including phenoxy) is 6. The van der Waals surface area contributed by atoms with Crippen molar-refractivity contribution in [2.45, 2.75) is 80.1 Å². The second-order valence-corrected chi connectivity index (χ2v) is 19.8. The Morgan fingerprint density at radius 3 is 0.444 bits per heavy atom. The molecule has 0 atom stereocenters. The van der Waals surface area contributed by atoms with E-state index in [-0.39, 0.29) is 0 Å². The highest BCUT2D eigenvalue weighted by molar-refractivity contribution is 6.40. The summed E-state index contributed by atoms with van der Waals surface area (Å²) in [4.78, 5) is 0. The third kappa shape index (κ3) is 6.33. The number of benzene rings is 12. The summed E-state index contributed by atoms with van der Waals surface area (Å²) in [5.74, 6) is 4.90. The summed E-state index contributed by atoms with van der Waals surface area (Å²) in [5, 5.41) is 27.6. The van der Waals surface area contributed by atoms with E-state index in [1.165, 1.54) is 97.0 Å². The van der Waals surface area contributed by atoms with Gasteiger partial charge in [-0.2, -0.15) is 0 Å². The summed E-state index contributed by atoms with van der Waals surface area (Å²) in [6.45, 7) is 16.5. The van der Waals surface area contributed by atoms with Crippen LogP contribution < -0.4 is 28.4 Å². The van der Waals surface area contributed by atoms with Gasteiger partial charge in [0.15, 0.2) is 34.5 Å². The van der Waals surface area contributed by atoms with E-state index in [0.717, 1.165) is 105 Å². The Morgan fingerprint density at radius 2 is 0.306 bits per heavy atom. The third-order valence-corrected chi connectivity index (χ3v) is 15.1. The van der Waals surface area contributed by atoms with Gasteiger partial charge in [-0.15, -0.1) is 0 Å². The highest BCUT2D eigenvalue weighted by Crippen LogP contribution is 2.55. The molecule has 0 unspecified atom stereocenters. The molecule has 0 aliphatic heterocycles. The minimum Gasteiger partial charge on any atom is -0.489 e. The highest BCUT2D eigenvalue weighted by Gasteiger charge is 2.27. The zero-order valence-corrected chi connectivity index (χ0v) is 42.3. The van der Waals surface area contributed by atoms with Crippen molar-refractivity contribution >= 4 is 129 Å². The van der Waals surface area contributed by atoms with E-state index in [1.54, 1.807) is 0 Å². The molecule has 6 nitrogen and oxygen atoms in total. The van der Waals surface area contributed by atoms with Crippen LogP contribution in [0.2, 0.25) is 0 Å². The predicted molar refractivity (Wildman–Crippen MR) is 305 cm³/mol. The van der Waals surface area contributed by atoms with Crippen LogP contribution in [0.5, 0.6) is 34.5 Å². The largest absolute Gasteiger partial charge is 0.489 e. The Kier molecular flexibility index (Phi) is 10.9. The van der Waals surface area contributed by atoms with E-state index in [2.05, 4.69) is 151 Å². The molecule has 0 radical (unpaired) electrons. The molecule has 13 aromatic rings. The lowest BCUT2D eigenvalue weighted by Gasteiger charge is -2.23. The molecule has 0 heterocycles. The van der Waals surface area contributed by atoms with Crippen molar-refractivity contribution in [3.63, 3.8) is 0 Å². The molecule has 13 rings (SSSR count). The van der Waals surface area contributed by atoms with Gasteiger partial charge in [0.05, 0.1) is 39.6 Å². The quantitative estimate of drug-likeness (QED) is 0.0799. The zero-order chi connectivity index (χ0) is 48.8. The van der Waals surface area contributed by atoms with Gasteiger partial charge >= 0.3 is 0 Å². The summed E-state index contributed by atoms with van der Waals surface area (Å²) >= 11 is 0. The fourth-order valence-corrected chi connectivity index (χ4v) is 12.2. The van der Waals surface area contributed by atoms with Crippen molar-refractivity contribution in [3.8, 4) is 34.5 Å². The second kappa shape index (κ2) is 17.7. The Hall–Kier alpha value is -7.44. The molecule has 0 N–H and O–H groups in total. The van der Waals surface area contributed by atoms with Crippen molar-refractivity contribution in [1.29, 1.82) is 0 Å². The van der Waals surface area contributed by atoms with Gasteiger partial charge in [-0.05, 0) is 140 Å². The molecule has 0 aliphatic rings. The van der Waals surface area contributed by atoms with Crippen molar-refractivity contribution in [2.75, 3.05) is 39.6 Å². The third-order valence-electron chi connectivity index (χ3n) is 15.1. The second-order valence-electron chi connectivity index (χ2n) is 19.8. The van der Waals surface area contributed by atoms with E-state index < -0.39 is 0 Å². The minimum absolute atomic E-state index is 0.587. The fraction of sp³-hybridized carbons (Fsp3) is 0.273. The first-order valence-corrected chi connectivity index (χ1v) is 26.6. The lowest BCUT2D eigenvalue weighted by Crippen LogP contribution is -2.04. The lowest BCUT2D eigenvalue weighted by molar-refractivity contribution is 0.274. The molecule has 0 aliphatic carbocycles. The Morgan fingerprint density at radius 1 is 0.181 bits per heavy atom. The number of fused-ring (bicyclic) bond motifs is 3. The van der Waals surface area contributed by atoms with Crippen molar-refractivity contribution in [1.82, 2.24) is 0 Å². The highest BCUT2D eigenvalue weighted by atomic mass is 16.5.